The van der Waals surface area contributed by atoms with E-state index in [1.54, 1.807) is 24.3 Å². The molecular formula is C14H19ClN2O3. The number of nitrogens with one attached hydrogen (secondary N) is 1. The molecule has 0 unspecified atom stereocenters. The van der Waals surface area contributed by atoms with Gasteiger partial charge in [0.05, 0.1) is 6.04 Å². The number of carbonyl (C=O) groups is 2. The molecule has 0 aliphatic rings. The Morgan fingerprint density at radius 2 is 1.95 bits per heavy atom. The molecule has 20 heavy (non-hydrogen) atoms. The second-order valence-corrected chi connectivity index (χ2v) is 5.44. The lowest BCUT2D eigenvalue weighted by Gasteiger charge is -2.19. The maximum atomic E-state index is 11.9. The lowest BCUT2D eigenvalue weighted by Crippen LogP contribution is -2.44. The summed E-state index contributed by atoms with van der Waals surface area (Å²) >= 11 is 5.96. The van der Waals surface area contributed by atoms with Crippen LogP contribution in [0.15, 0.2) is 24.3 Å². The zero-order valence-electron chi connectivity index (χ0n) is 11.5. The molecule has 0 fully saturated rings. The van der Waals surface area contributed by atoms with Crippen LogP contribution in [0.4, 0.5) is 0 Å². The molecule has 5 nitrogen and oxygen atoms in total. The molecule has 1 aromatic carbocycles. The minimum Gasteiger partial charge on any atom is -0.479 e. The number of benzene rings is 1. The smallest absolute Gasteiger partial charge is 0.330 e. The van der Waals surface area contributed by atoms with E-state index >= 15 is 0 Å². The van der Waals surface area contributed by atoms with E-state index in [9.17, 15) is 14.7 Å². The molecule has 110 valence electrons. The van der Waals surface area contributed by atoms with Gasteiger partial charge in [0.25, 0.3) is 0 Å². The molecule has 1 rings (SSSR count). The molecule has 0 saturated heterocycles. The fourth-order valence-corrected chi connectivity index (χ4v) is 2.09. The van der Waals surface area contributed by atoms with Crippen molar-refractivity contribution in [2.24, 2.45) is 11.7 Å². The van der Waals surface area contributed by atoms with Crippen LogP contribution in [-0.2, 0) is 9.59 Å². The SMILES string of the molecule is CC(C)C[C@H](N)C(=O)N[C@@H](C(=O)O)c1ccccc1Cl. The highest BCUT2D eigenvalue weighted by Crippen LogP contribution is 2.23. The maximum Gasteiger partial charge on any atom is 0.330 e. The first-order valence-corrected chi connectivity index (χ1v) is 6.74. The predicted octanol–water partition coefficient (Wildman–Crippen LogP) is 1.96. The minimum atomic E-state index is -1.20. The number of carboxylic acids is 1. The molecule has 0 heterocycles. The van der Waals surface area contributed by atoms with Crippen LogP contribution in [-0.4, -0.2) is 23.0 Å². The summed E-state index contributed by atoms with van der Waals surface area (Å²) in [6, 6.07) is 4.56. The average Bonchev–Trinajstić information content (AvgIpc) is 2.35. The fourth-order valence-electron chi connectivity index (χ4n) is 1.85. The van der Waals surface area contributed by atoms with Crippen molar-refractivity contribution >= 4 is 23.5 Å². The highest BCUT2D eigenvalue weighted by Gasteiger charge is 2.26. The Bertz CT molecular complexity index is 491. The van der Waals surface area contributed by atoms with E-state index in [0.29, 0.717) is 12.0 Å². The van der Waals surface area contributed by atoms with Crippen LogP contribution < -0.4 is 11.1 Å². The van der Waals surface area contributed by atoms with Crippen molar-refractivity contribution in [1.82, 2.24) is 5.32 Å². The Labute approximate surface area is 123 Å². The van der Waals surface area contributed by atoms with Gasteiger partial charge in [0.1, 0.15) is 0 Å². The summed E-state index contributed by atoms with van der Waals surface area (Å²) in [4.78, 5) is 23.3. The Hall–Kier alpha value is -1.59. The molecule has 0 aromatic heterocycles. The highest BCUT2D eigenvalue weighted by atomic mass is 35.5. The standard InChI is InChI=1S/C14H19ClN2O3/c1-8(2)7-11(16)13(18)17-12(14(19)20)9-5-3-4-6-10(9)15/h3-6,8,11-12H,7,16H2,1-2H3,(H,17,18)(H,19,20)/t11-,12+/m0/s1. The molecule has 0 radical (unpaired) electrons. The second-order valence-electron chi connectivity index (χ2n) is 5.04. The van der Waals surface area contributed by atoms with Gasteiger partial charge in [-0.15, -0.1) is 0 Å². The van der Waals surface area contributed by atoms with Crippen molar-refractivity contribution in [3.63, 3.8) is 0 Å². The summed E-state index contributed by atoms with van der Waals surface area (Å²) in [5.74, 6) is -1.42. The molecule has 0 aliphatic heterocycles. The van der Waals surface area contributed by atoms with E-state index in [1.165, 1.54) is 0 Å². The number of carboxylic acid groups (broad SMARTS) is 1. The molecule has 0 saturated carbocycles. The second kappa shape index (κ2) is 7.26. The number of nitrogens with two attached hydrogens (primary N) is 1. The molecule has 0 aliphatic carbocycles. The maximum absolute atomic E-state index is 11.9. The molecule has 6 heteroatoms. The number of amides is 1. The number of halogens is 1. The van der Waals surface area contributed by atoms with Gasteiger partial charge in [0.2, 0.25) is 5.91 Å². The van der Waals surface area contributed by atoms with E-state index < -0.39 is 24.0 Å². The Morgan fingerprint density at radius 1 is 1.35 bits per heavy atom. The molecule has 2 atom stereocenters. The molecule has 0 bridgehead atoms. The van der Waals surface area contributed by atoms with Crippen molar-refractivity contribution in [3.05, 3.63) is 34.9 Å². The molecule has 1 amide bonds. The van der Waals surface area contributed by atoms with Crippen LogP contribution in [0.3, 0.4) is 0 Å². The van der Waals surface area contributed by atoms with Crippen LogP contribution >= 0.6 is 11.6 Å². The summed E-state index contributed by atoms with van der Waals surface area (Å²) in [7, 11) is 0. The van der Waals surface area contributed by atoms with Gasteiger partial charge in [-0.05, 0) is 18.4 Å². The van der Waals surface area contributed by atoms with Crippen LogP contribution in [0.2, 0.25) is 5.02 Å². The van der Waals surface area contributed by atoms with E-state index in [2.05, 4.69) is 5.32 Å². The summed E-state index contributed by atoms with van der Waals surface area (Å²) in [6.45, 7) is 3.88. The molecular weight excluding hydrogens is 280 g/mol. The number of rotatable bonds is 6. The fraction of sp³-hybridized carbons (Fsp3) is 0.429. The van der Waals surface area contributed by atoms with Gasteiger partial charge in [0.15, 0.2) is 6.04 Å². The normalized spacial score (nSPS) is 13.8. The van der Waals surface area contributed by atoms with Crippen molar-refractivity contribution < 1.29 is 14.7 Å². The summed E-state index contributed by atoms with van der Waals surface area (Å²) in [6.07, 6.45) is 0.487. The first-order valence-electron chi connectivity index (χ1n) is 6.36. The summed E-state index contributed by atoms with van der Waals surface area (Å²) in [5, 5.41) is 12.0. The van der Waals surface area contributed by atoms with Gasteiger partial charge in [0, 0.05) is 10.6 Å². The van der Waals surface area contributed by atoms with Crippen LogP contribution in [0.5, 0.6) is 0 Å². The predicted molar refractivity (Wildman–Crippen MR) is 77.4 cm³/mol. The first-order chi connectivity index (χ1) is 9.32. The van der Waals surface area contributed by atoms with Gasteiger partial charge in [-0.2, -0.15) is 0 Å². The average molecular weight is 299 g/mol. The number of carbonyl (C=O) groups excluding carboxylic acids is 1. The third-order valence-corrected chi connectivity index (χ3v) is 3.16. The van der Waals surface area contributed by atoms with Gasteiger partial charge < -0.3 is 16.2 Å². The number of aliphatic carboxylic acids is 1. The first kappa shape index (κ1) is 16.5. The Balaban J connectivity index is 2.87. The van der Waals surface area contributed by atoms with E-state index in [4.69, 9.17) is 17.3 Å². The van der Waals surface area contributed by atoms with Crippen LogP contribution in [0.25, 0.3) is 0 Å². The van der Waals surface area contributed by atoms with E-state index in [-0.39, 0.29) is 10.9 Å². The molecule has 4 N–H and O–H groups in total. The molecule has 1 aromatic rings. The summed E-state index contributed by atoms with van der Waals surface area (Å²) < 4.78 is 0. The lowest BCUT2D eigenvalue weighted by atomic mass is 10.0. The van der Waals surface area contributed by atoms with Crippen molar-refractivity contribution in [1.29, 1.82) is 0 Å². The van der Waals surface area contributed by atoms with Gasteiger partial charge in [-0.25, -0.2) is 4.79 Å². The number of hydrogen-bond acceptors (Lipinski definition) is 3. The Morgan fingerprint density at radius 3 is 2.45 bits per heavy atom. The van der Waals surface area contributed by atoms with Crippen molar-refractivity contribution in [2.75, 3.05) is 0 Å². The largest absolute Gasteiger partial charge is 0.479 e. The Kier molecular flexibility index (Phi) is 5.98. The van der Waals surface area contributed by atoms with E-state index in [0.717, 1.165) is 0 Å². The lowest BCUT2D eigenvalue weighted by molar-refractivity contribution is -0.142. The van der Waals surface area contributed by atoms with Crippen molar-refractivity contribution in [2.45, 2.75) is 32.4 Å². The van der Waals surface area contributed by atoms with Crippen molar-refractivity contribution in [3.8, 4) is 0 Å². The topological polar surface area (TPSA) is 92.4 Å². The van der Waals surface area contributed by atoms with E-state index in [1.807, 2.05) is 13.8 Å². The minimum absolute atomic E-state index is 0.249. The quantitative estimate of drug-likeness (QED) is 0.748. The number of hydrogen-bond donors (Lipinski definition) is 3. The third-order valence-electron chi connectivity index (χ3n) is 2.81. The monoisotopic (exact) mass is 298 g/mol. The van der Waals surface area contributed by atoms with Crippen LogP contribution in [0, 0.1) is 5.92 Å². The van der Waals surface area contributed by atoms with Gasteiger partial charge in [-0.1, -0.05) is 43.6 Å². The summed E-state index contributed by atoms with van der Waals surface area (Å²) in [5.41, 5.74) is 6.08. The third kappa shape index (κ3) is 4.51. The van der Waals surface area contributed by atoms with Crippen LogP contribution in [0.1, 0.15) is 31.9 Å². The van der Waals surface area contributed by atoms with Gasteiger partial charge in [-0.3, -0.25) is 4.79 Å². The highest BCUT2D eigenvalue weighted by molar-refractivity contribution is 6.31. The molecule has 0 spiro atoms. The zero-order chi connectivity index (χ0) is 15.3. The zero-order valence-corrected chi connectivity index (χ0v) is 12.2. The van der Waals surface area contributed by atoms with Gasteiger partial charge >= 0.3 is 5.97 Å².